The van der Waals surface area contributed by atoms with Gasteiger partial charge in [0.1, 0.15) is 0 Å². The molecule has 0 saturated heterocycles. The van der Waals surface area contributed by atoms with Gasteiger partial charge in [0, 0.05) is 23.7 Å². The quantitative estimate of drug-likeness (QED) is 0.686. The molecule has 0 N–H and O–H groups in total. The molecule has 0 amide bonds. The number of fused-ring (bicyclic) bond motifs is 3. The molecular weight excluding hydrogens is 278 g/mol. The van der Waals surface area contributed by atoms with Crippen LogP contribution < -0.4 is 4.90 Å². The van der Waals surface area contributed by atoms with Gasteiger partial charge in [-0.05, 0) is 36.5 Å². The normalized spacial score (nSPS) is 25.4. The highest BCUT2D eigenvalue weighted by atomic mass is 15.2. The summed E-state index contributed by atoms with van der Waals surface area (Å²) in [5.41, 5.74) is 4.98. The third-order valence-corrected chi connectivity index (χ3v) is 6.04. The zero-order valence-electron chi connectivity index (χ0n) is 14.2. The minimum absolute atomic E-state index is 0.418. The van der Waals surface area contributed by atoms with E-state index in [1.54, 1.807) is 5.56 Å². The van der Waals surface area contributed by atoms with Gasteiger partial charge >= 0.3 is 0 Å². The summed E-state index contributed by atoms with van der Waals surface area (Å²) >= 11 is 0. The number of nitrogens with zero attached hydrogens (tertiary/aromatic N) is 1. The molecule has 0 spiro atoms. The van der Waals surface area contributed by atoms with Crippen molar-refractivity contribution in [1.82, 2.24) is 0 Å². The fraction of sp³-hybridized carbons (Fsp3) is 0.455. The molecule has 0 bridgehead atoms. The van der Waals surface area contributed by atoms with E-state index < -0.39 is 0 Å². The van der Waals surface area contributed by atoms with Crippen LogP contribution in [-0.2, 0) is 12.0 Å². The van der Waals surface area contributed by atoms with E-state index >= 15 is 0 Å². The molecule has 2 aromatic rings. The van der Waals surface area contributed by atoms with Crippen LogP contribution in [0.25, 0.3) is 0 Å². The Morgan fingerprint density at radius 3 is 2.65 bits per heavy atom. The maximum Gasteiger partial charge on any atom is 0.0433 e. The number of benzene rings is 2. The number of hydrogen-bond donors (Lipinski definition) is 0. The van der Waals surface area contributed by atoms with Gasteiger partial charge in [0.05, 0.1) is 0 Å². The van der Waals surface area contributed by atoms with Crippen LogP contribution >= 0.6 is 0 Å². The largest absolute Gasteiger partial charge is 0.363 e. The van der Waals surface area contributed by atoms with Crippen LogP contribution in [0, 0.1) is 0 Å². The Hall–Kier alpha value is -1.76. The molecule has 1 aliphatic carbocycles. The summed E-state index contributed by atoms with van der Waals surface area (Å²) in [7, 11) is 0. The summed E-state index contributed by atoms with van der Waals surface area (Å²) in [6.07, 6.45) is 8.12. The fourth-order valence-corrected chi connectivity index (χ4v) is 5.03. The lowest BCUT2D eigenvalue weighted by atomic mass is 9.74. The fourth-order valence-electron chi connectivity index (χ4n) is 5.03. The molecule has 1 saturated carbocycles. The minimum Gasteiger partial charge on any atom is -0.363 e. The summed E-state index contributed by atoms with van der Waals surface area (Å²) in [5.74, 6) is 0. The summed E-state index contributed by atoms with van der Waals surface area (Å²) in [4.78, 5) is 2.72. The topological polar surface area (TPSA) is 3.24 Å². The zero-order valence-corrected chi connectivity index (χ0v) is 14.2. The Morgan fingerprint density at radius 2 is 1.83 bits per heavy atom. The predicted molar refractivity (Wildman–Crippen MR) is 97.9 cm³/mol. The minimum atomic E-state index is 0.418. The van der Waals surface area contributed by atoms with Gasteiger partial charge in [0.25, 0.3) is 0 Å². The van der Waals surface area contributed by atoms with Crippen LogP contribution in [0.4, 0.5) is 5.69 Å². The Bertz CT molecular complexity index is 663. The molecule has 2 aliphatic rings. The molecule has 0 radical (unpaired) electrons. The van der Waals surface area contributed by atoms with E-state index in [1.165, 1.54) is 49.8 Å². The van der Waals surface area contributed by atoms with Crippen molar-refractivity contribution in [2.75, 3.05) is 4.90 Å². The molecule has 23 heavy (non-hydrogen) atoms. The van der Waals surface area contributed by atoms with Gasteiger partial charge in [-0.15, -0.1) is 0 Å². The molecule has 4 rings (SSSR count). The van der Waals surface area contributed by atoms with Gasteiger partial charge in [-0.1, -0.05) is 74.7 Å². The average molecular weight is 305 g/mol. The maximum atomic E-state index is 2.72. The second-order valence-electron chi connectivity index (χ2n) is 7.30. The second kappa shape index (κ2) is 6.03. The van der Waals surface area contributed by atoms with Crippen LogP contribution in [-0.4, -0.2) is 6.04 Å². The first kappa shape index (κ1) is 14.8. The molecule has 1 nitrogen and oxygen atoms in total. The Kier molecular flexibility index (Phi) is 3.88. The van der Waals surface area contributed by atoms with Gasteiger partial charge in [0.2, 0.25) is 0 Å². The number of rotatable bonds is 5. The van der Waals surface area contributed by atoms with Crippen LogP contribution in [0.1, 0.15) is 56.6 Å². The smallest absolute Gasteiger partial charge is 0.0433 e. The van der Waals surface area contributed by atoms with Gasteiger partial charge in [-0.3, -0.25) is 0 Å². The SMILES string of the molecule is CCCC[C@@]12CCC[C@@H]1N(Cc1ccccc1)c1ccccc12. The predicted octanol–water partition coefficient (Wildman–Crippen LogP) is 5.69. The van der Waals surface area contributed by atoms with Crippen molar-refractivity contribution in [2.24, 2.45) is 0 Å². The summed E-state index contributed by atoms with van der Waals surface area (Å²) < 4.78 is 0. The lowest BCUT2D eigenvalue weighted by molar-refractivity contribution is 0.358. The molecule has 1 aliphatic heterocycles. The monoisotopic (exact) mass is 305 g/mol. The summed E-state index contributed by atoms with van der Waals surface area (Å²) in [5, 5.41) is 0. The van der Waals surface area contributed by atoms with E-state index in [2.05, 4.69) is 66.4 Å². The zero-order chi connectivity index (χ0) is 15.7. The van der Waals surface area contributed by atoms with Crippen LogP contribution in [0.2, 0.25) is 0 Å². The molecule has 0 aromatic heterocycles. The van der Waals surface area contributed by atoms with Crippen LogP contribution in [0.5, 0.6) is 0 Å². The molecule has 1 heteroatoms. The van der Waals surface area contributed by atoms with Gasteiger partial charge in [-0.2, -0.15) is 0 Å². The first-order valence-corrected chi connectivity index (χ1v) is 9.25. The molecule has 1 heterocycles. The molecular formula is C22H27N. The van der Waals surface area contributed by atoms with E-state index in [9.17, 15) is 0 Å². The van der Waals surface area contributed by atoms with Crippen molar-refractivity contribution >= 4 is 5.69 Å². The van der Waals surface area contributed by atoms with Gasteiger partial charge in [-0.25, -0.2) is 0 Å². The van der Waals surface area contributed by atoms with Gasteiger partial charge < -0.3 is 4.90 Å². The maximum absolute atomic E-state index is 2.72. The highest BCUT2D eigenvalue weighted by molar-refractivity contribution is 5.65. The van der Waals surface area contributed by atoms with Crippen molar-refractivity contribution < 1.29 is 0 Å². The highest BCUT2D eigenvalue weighted by Gasteiger charge is 2.52. The average Bonchev–Trinajstić information content (AvgIpc) is 3.12. The van der Waals surface area contributed by atoms with Crippen molar-refractivity contribution in [3.63, 3.8) is 0 Å². The first-order valence-electron chi connectivity index (χ1n) is 9.25. The molecule has 2 aromatic carbocycles. The molecule has 0 unspecified atom stereocenters. The van der Waals surface area contributed by atoms with Crippen molar-refractivity contribution in [1.29, 1.82) is 0 Å². The van der Waals surface area contributed by atoms with Crippen LogP contribution in [0.15, 0.2) is 54.6 Å². The molecule has 2 atom stereocenters. The van der Waals surface area contributed by atoms with Crippen molar-refractivity contribution in [3.8, 4) is 0 Å². The third-order valence-electron chi connectivity index (χ3n) is 6.04. The summed E-state index contributed by atoms with van der Waals surface area (Å²) in [6.45, 7) is 3.37. The lowest BCUT2D eigenvalue weighted by Gasteiger charge is -2.34. The summed E-state index contributed by atoms with van der Waals surface area (Å²) in [6, 6.07) is 20.9. The van der Waals surface area contributed by atoms with Crippen molar-refractivity contribution in [3.05, 3.63) is 65.7 Å². The van der Waals surface area contributed by atoms with E-state index in [-0.39, 0.29) is 0 Å². The molecule has 1 fully saturated rings. The van der Waals surface area contributed by atoms with Crippen LogP contribution in [0.3, 0.4) is 0 Å². The van der Waals surface area contributed by atoms with E-state index in [0.29, 0.717) is 11.5 Å². The number of anilines is 1. The number of unbranched alkanes of at least 4 members (excludes halogenated alkanes) is 1. The van der Waals surface area contributed by atoms with Crippen molar-refractivity contribution in [2.45, 2.75) is 63.5 Å². The first-order chi connectivity index (χ1) is 11.3. The second-order valence-corrected chi connectivity index (χ2v) is 7.30. The third kappa shape index (κ3) is 2.38. The Morgan fingerprint density at radius 1 is 1.04 bits per heavy atom. The lowest BCUT2D eigenvalue weighted by Crippen LogP contribution is -2.40. The Balaban J connectivity index is 1.73. The Labute approximate surface area is 140 Å². The highest BCUT2D eigenvalue weighted by Crippen LogP contribution is 2.56. The van der Waals surface area contributed by atoms with E-state index in [1.807, 2.05) is 0 Å². The molecule has 120 valence electrons. The number of para-hydroxylation sites is 1. The van der Waals surface area contributed by atoms with E-state index in [4.69, 9.17) is 0 Å². The number of hydrogen-bond acceptors (Lipinski definition) is 1. The van der Waals surface area contributed by atoms with E-state index in [0.717, 1.165) is 6.54 Å². The van der Waals surface area contributed by atoms with Gasteiger partial charge in [0.15, 0.2) is 0 Å². The standard InChI is InChI=1S/C22H27N/c1-2-3-15-22-16-9-14-21(22)23(17-18-10-5-4-6-11-18)20-13-8-7-12-19(20)22/h4-8,10-13,21H,2-3,9,14-17H2,1H3/t21-,22-/m0/s1.